The van der Waals surface area contributed by atoms with Crippen LogP contribution in [0.3, 0.4) is 0 Å². The molecule has 2 aromatic rings. The van der Waals surface area contributed by atoms with Gasteiger partial charge >= 0.3 is 0 Å². The minimum Gasteiger partial charge on any atom is -0.376 e. The molecule has 1 aromatic heterocycles. The zero-order valence-electron chi connectivity index (χ0n) is 12.1. The van der Waals surface area contributed by atoms with Crippen LogP contribution in [0.4, 0.5) is 0 Å². The molecule has 1 saturated heterocycles. The Morgan fingerprint density at radius 1 is 1.41 bits per heavy atom. The van der Waals surface area contributed by atoms with Crippen molar-refractivity contribution in [2.45, 2.75) is 29.9 Å². The molecular weight excluding hydrogens is 300 g/mol. The van der Waals surface area contributed by atoms with Crippen molar-refractivity contribution in [1.29, 1.82) is 0 Å². The number of hydrogen-bond acceptors (Lipinski definition) is 5. The molecule has 2 heterocycles. The summed E-state index contributed by atoms with van der Waals surface area (Å²) in [5, 5.41) is 10.3. The second-order valence-electron chi connectivity index (χ2n) is 5.12. The number of nitrogens with zero attached hydrogens (tertiary/aromatic N) is 2. The summed E-state index contributed by atoms with van der Waals surface area (Å²) >= 11 is 1.58. The summed E-state index contributed by atoms with van der Waals surface area (Å²) in [6.45, 7) is 1.39. The van der Waals surface area contributed by atoms with Gasteiger partial charge in [0.1, 0.15) is 6.33 Å². The first-order valence-electron chi connectivity index (χ1n) is 7.28. The van der Waals surface area contributed by atoms with Crippen LogP contribution in [0.5, 0.6) is 0 Å². The van der Waals surface area contributed by atoms with Gasteiger partial charge < -0.3 is 10.1 Å². The molecule has 1 aliphatic rings. The lowest BCUT2D eigenvalue weighted by atomic mass is 10.1. The highest BCUT2D eigenvalue weighted by Crippen LogP contribution is 2.18. The van der Waals surface area contributed by atoms with Gasteiger partial charge in [-0.3, -0.25) is 9.89 Å². The standard InChI is InChI=1S/C15H18N4O2S/c20-14(16-8-13-2-1-7-21-13)12-5-3-11(4-6-12)9-22-15-17-10-18-19-15/h3-6,10,13H,1-2,7-9H2,(H,16,20)(H,17,18,19). The van der Waals surface area contributed by atoms with Crippen molar-refractivity contribution in [1.82, 2.24) is 20.5 Å². The van der Waals surface area contributed by atoms with Crippen molar-refractivity contribution in [3.05, 3.63) is 41.7 Å². The summed E-state index contributed by atoms with van der Waals surface area (Å²) < 4.78 is 5.49. The van der Waals surface area contributed by atoms with Gasteiger partial charge in [0, 0.05) is 24.5 Å². The van der Waals surface area contributed by atoms with Crippen molar-refractivity contribution in [2.24, 2.45) is 0 Å². The van der Waals surface area contributed by atoms with E-state index in [1.54, 1.807) is 11.8 Å². The number of benzene rings is 1. The van der Waals surface area contributed by atoms with Gasteiger partial charge in [0.25, 0.3) is 5.91 Å². The average Bonchev–Trinajstić information content (AvgIpc) is 3.24. The molecule has 0 saturated carbocycles. The normalized spacial score (nSPS) is 17.5. The number of carbonyl (C=O) groups excluding carboxylic acids is 1. The van der Waals surface area contributed by atoms with Gasteiger partial charge in [-0.25, -0.2) is 4.98 Å². The Balaban J connectivity index is 1.48. The third kappa shape index (κ3) is 4.08. The molecule has 116 valence electrons. The second kappa shape index (κ2) is 7.42. The van der Waals surface area contributed by atoms with E-state index in [0.717, 1.165) is 35.9 Å². The van der Waals surface area contributed by atoms with E-state index in [1.807, 2.05) is 24.3 Å². The number of aromatic amines is 1. The number of H-pyrrole nitrogens is 1. The number of amides is 1. The number of aromatic nitrogens is 3. The summed E-state index contributed by atoms with van der Waals surface area (Å²) in [6.07, 6.45) is 3.77. The SMILES string of the molecule is O=C(NCC1CCCO1)c1ccc(CSc2ncn[nH]2)cc1. The highest BCUT2D eigenvalue weighted by molar-refractivity contribution is 7.98. The number of hydrogen-bond donors (Lipinski definition) is 2. The van der Waals surface area contributed by atoms with Crippen LogP contribution in [0.15, 0.2) is 35.7 Å². The predicted molar refractivity (Wildman–Crippen MR) is 83.7 cm³/mol. The Hall–Kier alpha value is -1.86. The predicted octanol–water partition coefficient (Wildman–Crippen LogP) is 2.01. The number of rotatable bonds is 6. The average molecular weight is 318 g/mol. The Morgan fingerprint density at radius 2 is 2.27 bits per heavy atom. The van der Waals surface area contributed by atoms with E-state index in [1.165, 1.54) is 6.33 Å². The smallest absolute Gasteiger partial charge is 0.251 e. The van der Waals surface area contributed by atoms with Crippen LogP contribution in [-0.2, 0) is 10.5 Å². The number of thioether (sulfide) groups is 1. The highest BCUT2D eigenvalue weighted by Gasteiger charge is 2.16. The Kier molecular flexibility index (Phi) is 5.07. The van der Waals surface area contributed by atoms with E-state index < -0.39 is 0 Å². The van der Waals surface area contributed by atoms with Crippen LogP contribution < -0.4 is 5.32 Å². The van der Waals surface area contributed by atoms with Gasteiger partial charge in [-0.15, -0.1) is 0 Å². The summed E-state index contributed by atoms with van der Waals surface area (Å²) in [6, 6.07) is 7.62. The third-order valence-corrected chi connectivity index (χ3v) is 4.45. The quantitative estimate of drug-likeness (QED) is 0.796. The minimum absolute atomic E-state index is 0.0510. The van der Waals surface area contributed by atoms with Crippen LogP contribution in [0.2, 0.25) is 0 Å². The molecule has 7 heteroatoms. The number of ether oxygens (including phenoxy) is 1. The Bertz CT molecular complexity index is 595. The fourth-order valence-corrected chi connectivity index (χ4v) is 3.02. The molecule has 0 bridgehead atoms. The molecule has 0 aliphatic carbocycles. The molecule has 2 N–H and O–H groups in total. The van der Waals surface area contributed by atoms with E-state index in [2.05, 4.69) is 20.5 Å². The van der Waals surface area contributed by atoms with Crippen LogP contribution in [0, 0.1) is 0 Å². The molecule has 0 spiro atoms. The molecule has 1 fully saturated rings. The highest BCUT2D eigenvalue weighted by atomic mass is 32.2. The lowest BCUT2D eigenvalue weighted by Crippen LogP contribution is -2.31. The van der Waals surface area contributed by atoms with Crippen LogP contribution in [0.25, 0.3) is 0 Å². The van der Waals surface area contributed by atoms with E-state index in [4.69, 9.17) is 4.74 Å². The topological polar surface area (TPSA) is 79.9 Å². The largest absolute Gasteiger partial charge is 0.376 e. The van der Waals surface area contributed by atoms with Gasteiger partial charge in [0.05, 0.1) is 6.10 Å². The van der Waals surface area contributed by atoms with Gasteiger partial charge in [0.2, 0.25) is 0 Å². The van der Waals surface area contributed by atoms with Crippen molar-refractivity contribution >= 4 is 17.7 Å². The van der Waals surface area contributed by atoms with Crippen molar-refractivity contribution in [3.63, 3.8) is 0 Å². The zero-order chi connectivity index (χ0) is 15.2. The van der Waals surface area contributed by atoms with Gasteiger partial charge in [-0.05, 0) is 30.5 Å². The molecule has 1 aromatic carbocycles. The van der Waals surface area contributed by atoms with Crippen LogP contribution in [-0.4, -0.2) is 40.3 Å². The first-order chi connectivity index (χ1) is 10.8. The molecule has 1 atom stereocenters. The molecule has 1 aliphatic heterocycles. The fraction of sp³-hybridized carbons (Fsp3) is 0.400. The van der Waals surface area contributed by atoms with Crippen molar-refractivity contribution in [3.8, 4) is 0 Å². The van der Waals surface area contributed by atoms with Crippen LogP contribution in [0.1, 0.15) is 28.8 Å². The Morgan fingerprint density at radius 3 is 2.95 bits per heavy atom. The van der Waals surface area contributed by atoms with E-state index in [-0.39, 0.29) is 12.0 Å². The molecule has 22 heavy (non-hydrogen) atoms. The summed E-state index contributed by atoms with van der Waals surface area (Å²) in [4.78, 5) is 16.1. The molecule has 1 unspecified atom stereocenters. The number of carbonyl (C=O) groups is 1. The third-order valence-electron chi connectivity index (χ3n) is 3.50. The van der Waals surface area contributed by atoms with Crippen LogP contribution >= 0.6 is 11.8 Å². The van der Waals surface area contributed by atoms with Crippen molar-refractivity contribution < 1.29 is 9.53 Å². The van der Waals surface area contributed by atoms with Gasteiger partial charge in [0.15, 0.2) is 5.16 Å². The minimum atomic E-state index is -0.0510. The zero-order valence-corrected chi connectivity index (χ0v) is 12.9. The molecule has 3 rings (SSSR count). The molecule has 6 nitrogen and oxygen atoms in total. The van der Waals surface area contributed by atoms with Gasteiger partial charge in [-0.1, -0.05) is 23.9 Å². The first-order valence-corrected chi connectivity index (χ1v) is 8.27. The van der Waals surface area contributed by atoms with E-state index >= 15 is 0 Å². The lowest BCUT2D eigenvalue weighted by Gasteiger charge is -2.11. The monoisotopic (exact) mass is 318 g/mol. The summed E-state index contributed by atoms with van der Waals surface area (Å²) in [7, 11) is 0. The summed E-state index contributed by atoms with van der Waals surface area (Å²) in [5.41, 5.74) is 1.81. The fourth-order valence-electron chi connectivity index (χ4n) is 2.28. The lowest BCUT2D eigenvalue weighted by molar-refractivity contribution is 0.0858. The second-order valence-corrected chi connectivity index (χ2v) is 6.09. The molecular formula is C15H18N4O2S. The maximum atomic E-state index is 12.1. The van der Waals surface area contributed by atoms with Gasteiger partial charge in [-0.2, -0.15) is 5.10 Å². The number of nitrogens with one attached hydrogen (secondary N) is 2. The maximum Gasteiger partial charge on any atom is 0.251 e. The van der Waals surface area contributed by atoms with Crippen molar-refractivity contribution in [2.75, 3.05) is 13.2 Å². The Labute approximate surface area is 133 Å². The maximum absolute atomic E-state index is 12.1. The first kappa shape index (κ1) is 15.1. The van der Waals surface area contributed by atoms with E-state index in [0.29, 0.717) is 12.1 Å². The van der Waals surface area contributed by atoms with E-state index in [9.17, 15) is 4.79 Å². The molecule has 0 radical (unpaired) electrons. The summed E-state index contributed by atoms with van der Waals surface area (Å²) in [5.74, 6) is 0.734. The molecule has 1 amide bonds.